The van der Waals surface area contributed by atoms with Crippen molar-refractivity contribution in [3.8, 4) is 33.2 Å². The Morgan fingerprint density at radius 1 is 1.10 bits per heavy atom. The van der Waals surface area contributed by atoms with Gasteiger partial charge in [-0.25, -0.2) is 0 Å². The summed E-state index contributed by atoms with van der Waals surface area (Å²) < 4.78 is 16.3. The second kappa shape index (κ2) is 4.82. The molecule has 6 heteroatoms. The molecular formula is C15H12N2O3S. The Morgan fingerprint density at radius 2 is 1.95 bits per heavy atom. The van der Waals surface area contributed by atoms with Gasteiger partial charge in [0.1, 0.15) is 18.9 Å². The van der Waals surface area contributed by atoms with E-state index in [0.717, 1.165) is 33.2 Å². The molecule has 0 aliphatic carbocycles. The number of ether oxygens (including phenoxy) is 2. The molecule has 2 N–H and O–H groups in total. The van der Waals surface area contributed by atoms with Crippen molar-refractivity contribution in [1.82, 2.24) is 5.16 Å². The van der Waals surface area contributed by atoms with Crippen LogP contribution in [0.4, 0.5) is 5.88 Å². The van der Waals surface area contributed by atoms with Gasteiger partial charge in [0.15, 0.2) is 11.5 Å². The Bertz CT molecular complexity index is 780. The van der Waals surface area contributed by atoms with E-state index in [2.05, 4.69) is 5.16 Å². The second-order valence-electron chi connectivity index (χ2n) is 4.61. The fourth-order valence-corrected chi connectivity index (χ4v) is 3.07. The molecule has 0 atom stereocenters. The number of benzene rings is 1. The van der Waals surface area contributed by atoms with Gasteiger partial charge in [0.05, 0.1) is 10.4 Å². The number of rotatable bonds is 2. The van der Waals surface area contributed by atoms with Gasteiger partial charge in [0.25, 0.3) is 0 Å². The highest BCUT2D eigenvalue weighted by atomic mass is 32.1. The summed E-state index contributed by atoms with van der Waals surface area (Å²) in [5.74, 6) is 1.77. The number of nitrogen functional groups attached to an aromatic ring is 1. The second-order valence-corrected chi connectivity index (χ2v) is 5.55. The molecular weight excluding hydrogens is 288 g/mol. The van der Waals surface area contributed by atoms with Gasteiger partial charge in [-0.05, 0) is 29.1 Å². The highest BCUT2D eigenvalue weighted by molar-refractivity contribution is 7.13. The minimum atomic E-state index is 0.301. The van der Waals surface area contributed by atoms with E-state index in [9.17, 15) is 0 Å². The maximum absolute atomic E-state index is 5.96. The highest BCUT2D eigenvalue weighted by Crippen LogP contribution is 2.41. The predicted octanol–water partition coefficient (Wildman–Crippen LogP) is 3.42. The van der Waals surface area contributed by atoms with Gasteiger partial charge in [0, 0.05) is 0 Å². The Balaban J connectivity index is 1.85. The number of hydrogen-bond acceptors (Lipinski definition) is 6. The van der Waals surface area contributed by atoms with Crippen molar-refractivity contribution in [3.05, 3.63) is 35.7 Å². The highest BCUT2D eigenvalue weighted by Gasteiger charge is 2.20. The average molecular weight is 300 g/mol. The van der Waals surface area contributed by atoms with Crippen molar-refractivity contribution in [1.29, 1.82) is 0 Å². The fourth-order valence-electron chi connectivity index (χ4n) is 2.36. The van der Waals surface area contributed by atoms with Crippen LogP contribution in [-0.4, -0.2) is 18.4 Å². The van der Waals surface area contributed by atoms with E-state index in [1.165, 1.54) is 0 Å². The lowest BCUT2D eigenvalue weighted by atomic mass is 10.0. The molecule has 1 aliphatic rings. The monoisotopic (exact) mass is 300 g/mol. The fraction of sp³-hybridized carbons (Fsp3) is 0.133. The molecule has 0 fully saturated rings. The van der Waals surface area contributed by atoms with Crippen LogP contribution in [0.2, 0.25) is 0 Å². The number of aromatic nitrogens is 1. The Labute approximate surface area is 124 Å². The molecule has 5 nitrogen and oxygen atoms in total. The summed E-state index contributed by atoms with van der Waals surface area (Å²) >= 11 is 1.59. The van der Waals surface area contributed by atoms with Gasteiger partial charge in [-0.15, -0.1) is 11.3 Å². The number of fused-ring (bicyclic) bond motifs is 1. The first kappa shape index (κ1) is 12.3. The summed E-state index contributed by atoms with van der Waals surface area (Å²) in [4.78, 5) is 1.01. The summed E-state index contributed by atoms with van der Waals surface area (Å²) in [7, 11) is 0. The van der Waals surface area contributed by atoms with Crippen molar-refractivity contribution in [2.45, 2.75) is 0 Å². The molecule has 2 aromatic heterocycles. The molecule has 0 saturated heterocycles. The van der Waals surface area contributed by atoms with E-state index in [1.54, 1.807) is 11.3 Å². The summed E-state index contributed by atoms with van der Waals surface area (Å²) in [5, 5.41) is 6.08. The zero-order chi connectivity index (χ0) is 14.2. The molecule has 1 aromatic carbocycles. The van der Waals surface area contributed by atoms with Crippen LogP contribution in [0.1, 0.15) is 0 Å². The lowest BCUT2D eigenvalue weighted by molar-refractivity contribution is 0.171. The lowest BCUT2D eigenvalue weighted by Crippen LogP contribution is -2.15. The van der Waals surface area contributed by atoms with Crippen molar-refractivity contribution < 1.29 is 14.0 Å². The quantitative estimate of drug-likeness (QED) is 0.785. The van der Waals surface area contributed by atoms with Crippen molar-refractivity contribution in [2.75, 3.05) is 18.9 Å². The first-order chi connectivity index (χ1) is 10.3. The molecule has 21 heavy (non-hydrogen) atoms. The van der Waals surface area contributed by atoms with Crippen LogP contribution in [0.5, 0.6) is 11.5 Å². The summed E-state index contributed by atoms with van der Waals surface area (Å²) in [5.41, 5.74) is 8.40. The molecule has 3 heterocycles. The zero-order valence-electron chi connectivity index (χ0n) is 11.0. The molecule has 4 rings (SSSR count). The van der Waals surface area contributed by atoms with Crippen LogP contribution in [0.25, 0.3) is 21.7 Å². The molecule has 106 valence electrons. The molecule has 0 spiro atoms. The Morgan fingerprint density at radius 3 is 2.76 bits per heavy atom. The first-order valence-electron chi connectivity index (χ1n) is 6.52. The molecule has 0 radical (unpaired) electrons. The SMILES string of the molecule is Nc1onc(-c2cccs2)c1-c1ccc2c(c1)OCCO2. The minimum absolute atomic E-state index is 0.301. The third-order valence-corrected chi connectivity index (χ3v) is 4.18. The van der Waals surface area contributed by atoms with Gasteiger partial charge >= 0.3 is 0 Å². The normalized spacial score (nSPS) is 13.3. The Hall–Kier alpha value is -2.47. The molecule has 3 aromatic rings. The zero-order valence-corrected chi connectivity index (χ0v) is 11.9. The maximum atomic E-state index is 5.96. The van der Waals surface area contributed by atoms with Gasteiger partial charge in [-0.3, -0.25) is 0 Å². The van der Waals surface area contributed by atoms with Gasteiger partial charge in [0.2, 0.25) is 5.88 Å². The number of anilines is 1. The third kappa shape index (κ3) is 2.04. The minimum Gasteiger partial charge on any atom is -0.486 e. The van der Waals surface area contributed by atoms with E-state index < -0.39 is 0 Å². The third-order valence-electron chi connectivity index (χ3n) is 3.30. The lowest BCUT2D eigenvalue weighted by Gasteiger charge is -2.18. The molecule has 0 unspecified atom stereocenters. The van der Waals surface area contributed by atoms with Crippen LogP contribution in [-0.2, 0) is 0 Å². The standard InChI is InChI=1S/C15H12N2O3S/c16-15-13(14(17-20-15)12-2-1-7-21-12)9-3-4-10-11(8-9)19-6-5-18-10/h1-4,7-8H,5-6,16H2. The van der Waals surface area contributed by atoms with Gasteiger partial charge in [-0.2, -0.15) is 0 Å². The number of nitrogens with zero attached hydrogens (tertiary/aromatic N) is 1. The van der Waals surface area contributed by atoms with Crippen molar-refractivity contribution >= 4 is 17.2 Å². The van der Waals surface area contributed by atoms with Crippen molar-refractivity contribution in [3.63, 3.8) is 0 Å². The van der Waals surface area contributed by atoms with Crippen LogP contribution in [0.3, 0.4) is 0 Å². The molecule has 0 bridgehead atoms. The van der Waals surface area contributed by atoms with E-state index in [-0.39, 0.29) is 0 Å². The van der Waals surface area contributed by atoms with Crippen LogP contribution in [0.15, 0.2) is 40.2 Å². The largest absolute Gasteiger partial charge is 0.486 e. The van der Waals surface area contributed by atoms with Gasteiger partial charge < -0.3 is 19.7 Å². The smallest absolute Gasteiger partial charge is 0.230 e. The predicted molar refractivity (Wildman–Crippen MR) is 80.7 cm³/mol. The van der Waals surface area contributed by atoms with Gasteiger partial charge in [-0.1, -0.05) is 17.3 Å². The maximum Gasteiger partial charge on any atom is 0.230 e. The summed E-state index contributed by atoms with van der Waals surface area (Å²) in [6, 6.07) is 9.69. The summed E-state index contributed by atoms with van der Waals surface area (Å²) in [6.07, 6.45) is 0. The molecule has 1 aliphatic heterocycles. The first-order valence-corrected chi connectivity index (χ1v) is 7.40. The van der Waals surface area contributed by atoms with Crippen LogP contribution < -0.4 is 15.2 Å². The number of thiophene rings is 1. The number of nitrogens with two attached hydrogens (primary N) is 1. The topological polar surface area (TPSA) is 70.5 Å². The van der Waals surface area contributed by atoms with Crippen LogP contribution >= 0.6 is 11.3 Å². The Kier molecular flexibility index (Phi) is 2.82. The average Bonchev–Trinajstić information content (AvgIpc) is 3.16. The van der Waals surface area contributed by atoms with E-state index in [1.807, 2.05) is 35.7 Å². The van der Waals surface area contributed by atoms with Crippen LogP contribution in [0, 0.1) is 0 Å². The number of hydrogen-bond donors (Lipinski definition) is 1. The van der Waals surface area contributed by atoms with E-state index >= 15 is 0 Å². The molecule has 0 amide bonds. The van der Waals surface area contributed by atoms with Crippen molar-refractivity contribution in [2.24, 2.45) is 0 Å². The van der Waals surface area contributed by atoms with E-state index in [0.29, 0.717) is 19.1 Å². The molecule has 0 saturated carbocycles. The van der Waals surface area contributed by atoms with E-state index in [4.69, 9.17) is 19.7 Å². The summed E-state index contributed by atoms with van der Waals surface area (Å²) in [6.45, 7) is 1.12.